The van der Waals surface area contributed by atoms with Gasteiger partial charge in [-0.15, -0.1) is 11.3 Å². The van der Waals surface area contributed by atoms with E-state index >= 15 is 0 Å². The van der Waals surface area contributed by atoms with E-state index in [1.165, 1.54) is 11.3 Å². The third-order valence-electron chi connectivity index (χ3n) is 3.80. The first-order chi connectivity index (χ1) is 11.5. The molecule has 2 aromatic rings. The summed E-state index contributed by atoms with van der Waals surface area (Å²) in [6.45, 7) is 5.47. The van der Waals surface area contributed by atoms with Crippen molar-refractivity contribution in [2.45, 2.75) is 26.2 Å². The molecule has 0 unspecified atom stereocenters. The molecule has 1 saturated heterocycles. The quantitative estimate of drug-likeness (QED) is 0.892. The summed E-state index contributed by atoms with van der Waals surface area (Å²) in [6.07, 6.45) is 0.902. The zero-order chi connectivity index (χ0) is 17.1. The maximum atomic E-state index is 12.3. The normalized spacial score (nSPS) is 14.6. The van der Waals surface area contributed by atoms with Gasteiger partial charge in [0, 0.05) is 29.8 Å². The Morgan fingerprint density at radius 2 is 2.25 bits per heavy atom. The molecule has 2 N–H and O–H groups in total. The summed E-state index contributed by atoms with van der Waals surface area (Å²) in [7, 11) is 0. The summed E-state index contributed by atoms with van der Waals surface area (Å²) in [6, 6.07) is 7.20. The molecular weight excluding hydrogens is 324 g/mol. The number of anilines is 2. The lowest BCUT2D eigenvalue weighted by molar-refractivity contribution is 0.102. The number of hydrogen-bond acceptors (Lipinski definition) is 4. The molecule has 0 bridgehead atoms. The Kier molecular flexibility index (Phi) is 4.80. The summed E-state index contributed by atoms with van der Waals surface area (Å²) in [5.41, 5.74) is 2.34. The first-order valence-corrected chi connectivity index (χ1v) is 8.85. The number of hydrogen-bond donors (Lipinski definition) is 2. The van der Waals surface area contributed by atoms with Crippen molar-refractivity contribution in [1.82, 2.24) is 10.3 Å². The van der Waals surface area contributed by atoms with Crippen LogP contribution < -0.4 is 15.5 Å². The zero-order valence-electron chi connectivity index (χ0n) is 13.7. The van der Waals surface area contributed by atoms with Crippen molar-refractivity contribution in [3.8, 4) is 0 Å². The summed E-state index contributed by atoms with van der Waals surface area (Å²) < 4.78 is 0. The predicted molar refractivity (Wildman–Crippen MR) is 96.0 cm³/mol. The van der Waals surface area contributed by atoms with Crippen LogP contribution in [0, 0.1) is 0 Å². The van der Waals surface area contributed by atoms with Crippen LogP contribution in [0.1, 0.15) is 41.7 Å². The molecule has 1 aliphatic heterocycles. The molecule has 1 fully saturated rings. The Balaban J connectivity index is 1.74. The molecular formula is C17H20N4O2S. The van der Waals surface area contributed by atoms with E-state index in [0.29, 0.717) is 29.7 Å². The second-order valence-electron chi connectivity index (χ2n) is 5.97. The van der Waals surface area contributed by atoms with Gasteiger partial charge < -0.3 is 10.6 Å². The Labute approximate surface area is 144 Å². The highest BCUT2D eigenvalue weighted by molar-refractivity contribution is 7.11. The van der Waals surface area contributed by atoms with Crippen molar-refractivity contribution in [3.63, 3.8) is 0 Å². The molecule has 1 aromatic heterocycles. The van der Waals surface area contributed by atoms with Crippen LogP contribution in [-0.4, -0.2) is 30.0 Å². The van der Waals surface area contributed by atoms with Gasteiger partial charge in [0.1, 0.15) is 0 Å². The number of carbonyl (C=O) groups excluding carboxylic acids is 2. The van der Waals surface area contributed by atoms with Crippen molar-refractivity contribution in [2.75, 3.05) is 23.3 Å². The highest BCUT2D eigenvalue weighted by atomic mass is 32.1. The van der Waals surface area contributed by atoms with Gasteiger partial charge in [-0.05, 0) is 30.5 Å². The van der Waals surface area contributed by atoms with Crippen LogP contribution in [0.25, 0.3) is 0 Å². The minimum Gasteiger partial charge on any atom is -0.338 e. The summed E-state index contributed by atoms with van der Waals surface area (Å²) in [5.74, 6) is 0.0656. The number of urea groups is 1. The van der Waals surface area contributed by atoms with Crippen LogP contribution in [0.4, 0.5) is 16.2 Å². The average Bonchev–Trinajstić information content (AvgIpc) is 3.06. The summed E-state index contributed by atoms with van der Waals surface area (Å²) in [4.78, 5) is 30.3. The molecule has 0 aliphatic carbocycles. The number of amides is 3. The van der Waals surface area contributed by atoms with Crippen molar-refractivity contribution in [2.24, 2.45) is 0 Å². The minimum atomic E-state index is -0.229. The van der Waals surface area contributed by atoms with Gasteiger partial charge in [-0.2, -0.15) is 0 Å². The van der Waals surface area contributed by atoms with Gasteiger partial charge in [0.15, 0.2) is 5.01 Å². The van der Waals surface area contributed by atoms with Gasteiger partial charge in [-0.25, -0.2) is 9.78 Å². The van der Waals surface area contributed by atoms with Crippen molar-refractivity contribution in [1.29, 1.82) is 0 Å². The van der Waals surface area contributed by atoms with Crippen LogP contribution in [-0.2, 0) is 0 Å². The summed E-state index contributed by atoms with van der Waals surface area (Å²) in [5, 5.41) is 8.03. The van der Waals surface area contributed by atoms with Crippen LogP contribution >= 0.6 is 11.3 Å². The van der Waals surface area contributed by atoms with E-state index in [9.17, 15) is 9.59 Å². The highest BCUT2D eigenvalue weighted by Crippen LogP contribution is 2.23. The molecule has 24 heavy (non-hydrogen) atoms. The molecule has 0 spiro atoms. The van der Waals surface area contributed by atoms with Crippen molar-refractivity contribution >= 4 is 34.6 Å². The van der Waals surface area contributed by atoms with E-state index in [-0.39, 0.29) is 11.9 Å². The van der Waals surface area contributed by atoms with Crippen LogP contribution in [0.5, 0.6) is 0 Å². The molecule has 126 valence electrons. The smallest absolute Gasteiger partial charge is 0.321 e. The largest absolute Gasteiger partial charge is 0.338 e. The second-order valence-corrected chi connectivity index (χ2v) is 6.83. The maximum Gasteiger partial charge on any atom is 0.321 e. The van der Waals surface area contributed by atoms with E-state index in [2.05, 4.69) is 15.6 Å². The van der Waals surface area contributed by atoms with E-state index < -0.39 is 0 Å². The molecule has 3 rings (SSSR count). The lowest BCUT2D eigenvalue weighted by atomic mass is 10.2. The van der Waals surface area contributed by atoms with Gasteiger partial charge in [-0.1, -0.05) is 19.9 Å². The summed E-state index contributed by atoms with van der Waals surface area (Å²) >= 11 is 1.34. The SMILES string of the molecule is CC(C)c1csc(C(=O)Nc2cccc(N3CCCNC3=O)c2)n1. The Morgan fingerprint density at radius 1 is 1.42 bits per heavy atom. The van der Waals surface area contributed by atoms with Gasteiger partial charge in [0.2, 0.25) is 0 Å². The molecule has 0 radical (unpaired) electrons. The zero-order valence-corrected chi connectivity index (χ0v) is 14.5. The van der Waals surface area contributed by atoms with E-state index in [0.717, 1.165) is 17.8 Å². The number of thiazole rings is 1. The third kappa shape index (κ3) is 3.56. The molecule has 0 atom stereocenters. The van der Waals surface area contributed by atoms with Crippen molar-refractivity contribution in [3.05, 3.63) is 40.3 Å². The lowest BCUT2D eigenvalue weighted by Gasteiger charge is -2.27. The van der Waals surface area contributed by atoms with E-state index in [1.807, 2.05) is 31.4 Å². The van der Waals surface area contributed by atoms with Gasteiger partial charge >= 0.3 is 6.03 Å². The Morgan fingerprint density at radius 3 is 2.96 bits per heavy atom. The molecule has 2 heterocycles. The average molecular weight is 344 g/mol. The number of carbonyl (C=O) groups is 2. The number of benzene rings is 1. The highest BCUT2D eigenvalue weighted by Gasteiger charge is 2.20. The van der Waals surface area contributed by atoms with E-state index in [1.54, 1.807) is 17.0 Å². The lowest BCUT2D eigenvalue weighted by Crippen LogP contribution is -2.46. The monoisotopic (exact) mass is 344 g/mol. The third-order valence-corrected chi connectivity index (χ3v) is 4.66. The van der Waals surface area contributed by atoms with E-state index in [4.69, 9.17) is 0 Å². The van der Waals surface area contributed by atoms with Gasteiger partial charge in [0.25, 0.3) is 5.91 Å². The fourth-order valence-electron chi connectivity index (χ4n) is 2.47. The number of nitrogens with zero attached hydrogens (tertiary/aromatic N) is 2. The molecule has 0 saturated carbocycles. The maximum absolute atomic E-state index is 12.3. The van der Waals surface area contributed by atoms with Crippen molar-refractivity contribution < 1.29 is 9.59 Å². The minimum absolute atomic E-state index is 0.105. The van der Waals surface area contributed by atoms with Crippen LogP contribution in [0.3, 0.4) is 0 Å². The molecule has 6 nitrogen and oxygen atoms in total. The number of nitrogens with one attached hydrogen (secondary N) is 2. The molecule has 1 aromatic carbocycles. The molecule has 1 aliphatic rings. The first-order valence-electron chi connectivity index (χ1n) is 7.97. The topological polar surface area (TPSA) is 74.3 Å². The van der Waals surface area contributed by atoms with Gasteiger partial charge in [-0.3, -0.25) is 9.69 Å². The van der Waals surface area contributed by atoms with Gasteiger partial charge in [0.05, 0.1) is 5.69 Å². The van der Waals surface area contributed by atoms with Crippen LogP contribution in [0.2, 0.25) is 0 Å². The Bertz CT molecular complexity index is 757. The fraction of sp³-hybridized carbons (Fsp3) is 0.353. The number of aromatic nitrogens is 1. The molecule has 7 heteroatoms. The first kappa shape index (κ1) is 16.4. The second kappa shape index (κ2) is 7.00. The number of rotatable bonds is 4. The molecule has 3 amide bonds. The Hall–Kier alpha value is -2.41. The standard InChI is InChI=1S/C17H20N4O2S/c1-11(2)14-10-24-16(20-14)15(22)19-12-5-3-6-13(9-12)21-8-4-7-18-17(21)23/h3,5-6,9-11H,4,7-8H2,1-2H3,(H,18,23)(H,19,22). The predicted octanol–water partition coefficient (Wildman–Crippen LogP) is 3.44. The van der Waals surface area contributed by atoms with Crippen LogP contribution in [0.15, 0.2) is 29.6 Å². The fourth-order valence-corrected chi connectivity index (χ4v) is 3.34.